The van der Waals surface area contributed by atoms with Gasteiger partial charge in [-0.25, -0.2) is 4.79 Å². The highest BCUT2D eigenvalue weighted by atomic mass is 32.1. The lowest BCUT2D eigenvalue weighted by Gasteiger charge is -2.13. The molecule has 0 bridgehead atoms. The number of thiophene rings is 1. The van der Waals surface area contributed by atoms with Crippen LogP contribution < -0.4 is 15.4 Å². The largest absolute Gasteiger partial charge is 0.496 e. The minimum Gasteiger partial charge on any atom is -0.496 e. The number of carbonyl (C=O) groups is 1. The van der Waals surface area contributed by atoms with Crippen LogP contribution in [-0.2, 0) is 17.8 Å². The number of nitrogens with zero attached hydrogens (tertiary/aromatic N) is 1. The van der Waals surface area contributed by atoms with Crippen LogP contribution in [0.15, 0.2) is 40.7 Å². The first-order valence-electron chi connectivity index (χ1n) is 7.40. The van der Waals surface area contributed by atoms with Crippen molar-refractivity contribution in [2.75, 3.05) is 21.3 Å². The number of methoxy groups -OCH3 is 2. The monoisotopic (exact) mass is 347 g/mol. The molecular weight excluding hydrogens is 326 g/mol. The highest BCUT2D eigenvalue weighted by molar-refractivity contribution is 7.09. The summed E-state index contributed by atoms with van der Waals surface area (Å²) in [6, 6.07) is 9.49. The molecule has 2 N–H and O–H groups in total. The molecule has 2 aromatic rings. The molecule has 0 atom stereocenters. The fourth-order valence-corrected chi connectivity index (χ4v) is 2.77. The zero-order chi connectivity index (χ0) is 17.4. The van der Waals surface area contributed by atoms with E-state index in [9.17, 15) is 4.79 Å². The molecule has 0 saturated carbocycles. The lowest BCUT2D eigenvalue weighted by molar-refractivity contribution is 0.0597. The quantitative estimate of drug-likeness (QED) is 0.477. The number of hydrogen-bond donors (Lipinski definition) is 2. The SMILES string of the molecule is CN=C(NCc1ccc(OC)c(C(=O)OC)c1)NCc1cccs1. The molecule has 7 heteroatoms. The Bertz CT molecular complexity index is 699. The van der Waals surface area contributed by atoms with Crippen molar-refractivity contribution in [1.82, 2.24) is 10.6 Å². The minimum atomic E-state index is -0.422. The average molecular weight is 347 g/mol. The van der Waals surface area contributed by atoms with Crippen LogP contribution in [0.1, 0.15) is 20.8 Å². The summed E-state index contributed by atoms with van der Waals surface area (Å²) in [7, 11) is 4.59. The maximum absolute atomic E-state index is 11.8. The maximum atomic E-state index is 11.8. The van der Waals surface area contributed by atoms with E-state index < -0.39 is 5.97 Å². The normalized spacial score (nSPS) is 11.0. The van der Waals surface area contributed by atoms with E-state index in [0.29, 0.717) is 30.4 Å². The van der Waals surface area contributed by atoms with Gasteiger partial charge in [0.05, 0.1) is 20.8 Å². The fourth-order valence-electron chi connectivity index (χ4n) is 2.12. The van der Waals surface area contributed by atoms with Crippen LogP contribution in [0.4, 0.5) is 0 Å². The molecule has 0 radical (unpaired) electrons. The molecule has 6 nitrogen and oxygen atoms in total. The fraction of sp³-hybridized carbons (Fsp3) is 0.294. The Morgan fingerprint density at radius 1 is 1.21 bits per heavy atom. The van der Waals surface area contributed by atoms with Crippen molar-refractivity contribution in [3.63, 3.8) is 0 Å². The van der Waals surface area contributed by atoms with Gasteiger partial charge in [-0.1, -0.05) is 12.1 Å². The number of aliphatic imine (C=N–C) groups is 1. The van der Waals surface area contributed by atoms with Gasteiger partial charge in [-0.15, -0.1) is 11.3 Å². The molecule has 128 valence electrons. The van der Waals surface area contributed by atoms with Gasteiger partial charge in [0.25, 0.3) is 0 Å². The number of carbonyl (C=O) groups excluding carboxylic acids is 1. The summed E-state index contributed by atoms with van der Waals surface area (Å²) in [6.07, 6.45) is 0. The molecule has 0 unspecified atom stereocenters. The van der Waals surface area contributed by atoms with Crippen LogP contribution in [0.3, 0.4) is 0 Å². The Labute approximate surface area is 145 Å². The van der Waals surface area contributed by atoms with Crippen LogP contribution in [0, 0.1) is 0 Å². The lowest BCUT2D eigenvalue weighted by atomic mass is 10.1. The van der Waals surface area contributed by atoms with E-state index in [1.165, 1.54) is 19.1 Å². The van der Waals surface area contributed by atoms with Crippen LogP contribution in [0.2, 0.25) is 0 Å². The van der Waals surface area contributed by atoms with Crippen LogP contribution >= 0.6 is 11.3 Å². The smallest absolute Gasteiger partial charge is 0.341 e. The van der Waals surface area contributed by atoms with Crippen molar-refractivity contribution in [3.8, 4) is 5.75 Å². The summed E-state index contributed by atoms with van der Waals surface area (Å²) in [5.74, 6) is 0.763. The maximum Gasteiger partial charge on any atom is 0.341 e. The second-order valence-corrected chi connectivity index (χ2v) is 5.92. The highest BCUT2D eigenvalue weighted by Gasteiger charge is 2.13. The lowest BCUT2D eigenvalue weighted by Crippen LogP contribution is -2.36. The molecule has 24 heavy (non-hydrogen) atoms. The Balaban J connectivity index is 1.98. The van der Waals surface area contributed by atoms with Gasteiger partial charge < -0.3 is 20.1 Å². The van der Waals surface area contributed by atoms with Crippen molar-refractivity contribution in [1.29, 1.82) is 0 Å². The van der Waals surface area contributed by atoms with Crippen molar-refractivity contribution >= 4 is 23.3 Å². The zero-order valence-corrected chi connectivity index (χ0v) is 14.8. The number of benzene rings is 1. The topological polar surface area (TPSA) is 72.0 Å². The standard InChI is InChI=1S/C17H21N3O3S/c1-18-17(20-11-13-5-4-8-24-13)19-10-12-6-7-15(22-2)14(9-12)16(21)23-3/h4-9H,10-11H2,1-3H3,(H2,18,19,20). The third-order valence-corrected chi connectivity index (χ3v) is 4.24. The summed E-state index contributed by atoms with van der Waals surface area (Å²) in [5.41, 5.74) is 1.33. The molecule has 0 aliphatic carbocycles. The predicted molar refractivity (Wildman–Crippen MR) is 95.7 cm³/mol. The van der Waals surface area contributed by atoms with Gasteiger partial charge in [-0.05, 0) is 29.1 Å². The number of guanidine groups is 1. The van der Waals surface area contributed by atoms with E-state index in [1.807, 2.05) is 17.5 Å². The molecule has 0 spiro atoms. The molecular formula is C17H21N3O3S. The Morgan fingerprint density at radius 2 is 2.00 bits per heavy atom. The van der Waals surface area contributed by atoms with Crippen molar-refractivity contribution in [3.05, 3.63) is 51.7 Å². The number of hydrogen-bond acceptors (Lipinski definition) is 5. The van der Waals surface area contributed by atoms with Crippen LogP contribution in [0.5, 0.6) is 5.75 Å². The van der Waals surface area contributed by atoms with E-state index >= 15 is 0 Å². The van der Waals surface area contributed by atoms with Gasteiger partial charge in [0.1, 0.15) is 11.3 Å². The summed E-state index contributed by atoms with van der Waals surface area (Å²) in [5, 5.41) is 8.51. The average Bonchev–Trinajstić information content (AvgIpc) is 3.14. The zero-order valence-electron chi connectivity index (χ0n) is 14.0. The predicted octanol–water partition coefficient (Wildman–Crippen LogP) is 2.41. The first-order chi connectivity index (χ1) is 11.7. The van der Waals surface area contributed by atoms with Crippen LogP contribution in [0.25, 0.3) is 0 Å². The highest BCUT2D eigenvalue weighted by Crippen LogP contribution is 2.20. The van der Waals surface area contributed by atoms with Gasteiger partial charge in [-0.3, -0.25) is 4.99 Å². The molecule has 0 fully saturated rings. The Morgan fingerprint density at radius 3 is 2.62 bits per heavy atom. The molecule has 0 aliphatic heterocycles. The number of esters is 1. The molecule has 0 saturated heterocycles. The molecule has 1 heterocycles. The minimum absolute atomic E-state index is 0.404. The molecule has 0 amide bonds. The van der Waals surface area contributed by atoms with Gasteiger partial charge in [0, 0.05) is 18.5 Å². The molecule has 0 aliphatic rings. The van der Waals surface area contributed by atoms with Crippen molar-refractivity contribution in [2.24, 2.45) is 4.99 Å². The van der Waals surface area contributed by atoms with Gasteiger partial charge in [0.2, 0.25) is 0 Å². The molecule has 2 rings (SSSR count). The third-order valence-electron chi connectivity index (χ3n) is 3.36. The van der Waals surface area contributed by atoms with Crippen molar-refractivity contribution in [2.45, 2.75) is 13.1 Å². The van der Waals surface area contributed by atoms with E-state index in [4.69, 9.17) is 9.47 Å². The summed E-state index contributed by atoms with van der Waals surface area (Å²) >= 11 is 1.69. The van der Waals surface area contributed by atoms with Gasteiger partial charge >= 0.3 is 5.97 Å². The van der Waals surface area contributed by atoms with Gasteiger partial charge in [0.15, 0.2) is 5.96 Å². The Hall–Kier alpha value is -2.54. The van der Waals surface area contributed by atoms with E-state index in [0.717, 1.165) is 5.56 Å². The second-order valence-electron chi connectivity index (χ2n) is 4.88. The first-order valence-corrected chi connectivity index (χ1v) is 8.28. The summed E-state index contributed by atoms with van der Waals surface area (Å²) in [6.45, 7) is 1.24. The van der Waals surface area contributed by atoms with Gasteiger partial charge in [-0.2, -0.15) is 0 Å². The third kappa shape index (κ3) is 4.73. The van der Waals surface area contributed by atoms with E-state index in [2.05, 4.69) is 21.7 Å². The van der Waals surface area contributed by atoms with Crippen molar-refractivity contribution < 1.29 is 14.3 Å². The Kier molecular flexibility index (Phi) is 6.62. The first kappa shape index (κ1) is 17.8. The number of ether oxygens (including phenoxy) is 2. The van der Waals surface area contributed by atoms with Crippen LogP contribution in [-0.4, -0.2) is 33.2 Å². The molecule has 1 aromatic carbocycles. The summed E-state index contributed by atoms with van der Waals surface area (Å²) < 4.78 is 9.98. The molecule has 1 aromatic heterocycles. The summed E-state index contributed by atoms with van der Waals surface area (Å²) in [4.78, 5) is 17.2. The van der Waals surface area contributed by atoms with E-state index in [1.54, 1.807) is 30.5 Å². The van der Waals surface area contributed by atoms with E-state index in [-0.39, 0.29) is 0 Å². The number of rotatable bonds is 6. The number of nitrogens with one attached hydrogen (secondary N) is 2. The second kappa shape index (κ2) is 8.93.